The van der Waals surface area contributed by atoms with Gasteiger partial charge >= 0.3 is 0 Å². The molecule has 1 unspecified atom stereocenters. The fourth-order valence-electron chi connectivity index (χ4n) is 1.98. The van der Waals surface area contributed by atoms with Gasteiger partial charge in [0.1, 0.15) is 0 Å². The fourth-order valence-corrected chi connectivity index (χ4v) is 1.98. The van der Waals surface area contributed by atoms with E-state index in [1.165, 1.54) is 11.3 Å². The van der Waals surface area contributed by atoms with Gasteiger partial charge in [0, 0.05) is 19.3 Å². The molecule has 17 heavy (non-hydrogen) atoms. The maximum Gasteiger partial charge on any atom is 0.0363 e. The minimum absolute atomic E-state index is 0.588. The molecule has 0 spiro atoms. The summed E-state index contributed by atoms with van der Waals surface area (Å²) < 4.78 is 0. The summed E-state index contributed by atoms with van der Waals surface area (Å²) in [5.41, 5.74) is 8.42. The van der Waals surface area contributed by atoms with Crippen molar-refractivity contribution >= 4 is 5.69 Å². The van der Waals surface area contributed by atoms with Gasteiger partial charge < -0.3 is 10.6 Å². The van der Waals surface area contributed by atoms with Crippen LogP contribution in [0, 0.1) is 5.92 Å². The highest BCUT2D eigenvalue weighted by Crippen LogP contribution is 2.20. The standard InChI is InChI=1S/C15H26N2/c1-5-13(10-16)11-17(4)15-8-6-14(7-9-15)12(2)3/h6-9,12-13H,5,10-11,16H2,1-4H3. The first kappa shape index (κ1) is 14.0. The second kappa shape index (κ2) is 6.65. The summed E-state index contributed by atoms with van der Waals surface area (Å²) in [7, 11) is 2.14. The molecule has 0 bridgehead atoms. The largest absolute Gasteiger partial charge is 0.374 e. The van der Waals surface area contributed by atoms with Crippen molar-refractivity contribution in [2.45, 2.75) is 33.1 Å². The number of anilines is 1. The van der Waals surface area contributed by atoms with E-state index in [0.29, 0.717) is 11.8 Å². The molecule has 0 radical (unpaired) electrons. The topological polar surface area (TPSA) is 29.3 Å². The van der Waals surface area contributed by atoms with Crippen LogP contribution in [0.2, 0.25) is 0 Å². The fraction of sp³-hybridized carbons (Fsp3) is 0.600. The smallest absolute Gasteiger partial charge is 0.0363 e. The van der Waals surface area contributed by atoms with Crippen molar-refractivity contribution in [3.8, 4) is 0 Å². The summed E-state index contributed by atoms with van der Waals surface area (Å²) in [6.45, 7) is 8.45. The normalized spacial score (nSPS) is 12.8. The maximum absolute atomic E-state index is 5.75. The average molecular weight is 234 g/mol. The monoisotopic (exact) mass is 234 g/mol. The molecule has 0 aromatic heterocycles. The van der Waals surface area contributed by atoms with Crippen LogP contribution in [0.25, 0.3) is 0 Å². The zero-order valence-electron chi connectivity index (χ0n) is 11.6. The van der Waals surface area contributed by atoms with E-state index in [0.717, 1.165) is 19.5 Å². The molecule has 0 saturated heterocycles. The maximum atomic E-state index is 5.75. The van der Waals surface area contributed by atoms with E-state index < -0.39 is 0 Å². The van der Waals surface area contributed by atoms with Gasteiger partial charge in [-0.3, -0.25) is 0 Å². The summed E-state index contributed by atoms with van der Waals surface area (Å²) in [5, 5.41) is 0. The van der Waals surface area contributed by atoms with Crippen LogP contribution in [0.15, 0.2) is 24.3 Å². The Balaban J connectivity index is 2.66. The van der Waals surface area contributed by atoms with Gasteiger partial charge in [-0.15, -0.1) is 0 Å². The van der Waals surface area contributed by atoms with Gasteiger partial charge in [-0.2, -0.15) is 0 Å². The molecule has 0 amide bonds. The molecule has 2 heteroatoms. The highest BCUT2D eigenvalue weighted by molar-refractivity contribution is 5.47. The molecule has 1 rings (SSSR count). The van der Waals surface area contributed by atoms with Crippen molar-refractivity contribution < 1.29 is 0 Å². The van der Waals surface area contributed by atoms with Crippen molar-refractivity contribution in [1.82, 2.24) is 0 Å². The minimum atomic E-state index is 0.588. The summed E-state index contributed by atoms with van der Waals surface area (Å²) in [6, 6.07) is 8.86. The van der Waals surface area contributed by atoms with Crippen molar-refractivity contribution in [2.24, 2.45) is 11.7 Å². The Bertz CT molecular complexity index is 312. The molecule has 1 atom stereocenters. The number of nitrogens with zero attached hydrogens (tertiary/aromatic N) is 1. The van der Waals surface area contributed by atoms with Gasteiger partial charge in [0.05, 0.1) is 0 Å². The third kappa shape index (κ3) is 4.04. The Morgan fingerprint density at radius 1 is 1.18 bits per heavy atom. The van der Waals surface area contributed by atoms with Gasteiger partial charge in [0.25, 0.3) is 0 Å². The summed E-state index contributed by atoms with van der Waals surface area (Å²) in [4.78, 5) is 2.30. The van der Waals surface area contributed by atoms with Crippen LogP contribution < -0.4 is 10.6 Å². The zero-order chi connectivity index (χ0) is 12.8. The Morgan fingerprint density at radius 2 is 1.76 bits per heavy atom. The van der Waals surface area contributed by atoms with Crippen molar-refractivity contribution in [2.75, 3.05) is 25.0 Å². The second-order valence-corrected chi connectivity index (χ2v) is 5.14. The molecular formula is C15H26N2. The first-order chi connectivity index (χ1) is 8.08. The van der Waals surface area contributed by atoms with E-state index in [-0.39, 0.29) is 0 Å². The van der Waals surface area contributed by atoms with Crippen LogP contribution in [0.1, 0.15) is 38.7 Å². The average Bonchev–Trinajstić information content (AvgIpc) is 2.35. The summed E-state index contributed by atoms with van der Waals surface area (Å²) in [5.74, 6) is 1.19. The quantitative estimate of drug-likeness (QED) is 0.819. The number of nitrogens with two attached hydrogens (primary N) is 1. The van der Waals surface area contributed by atoms with E-state index in [1.807, 2.05) is 0 Å². The number of hydrogen-bond donors (Lipinski definition) is 1. The molecule has 2 N–H and O–H groups in total. The zero-order valence-corrected chi connectivity index (χ0v) is 11.6. The molecule has 0 saturated carbocycles. The van der Waals surface area contributed by atoms with Crippen molar-refractivity contribution in [3.63, 3.8) is 0 Å². The Hall–Kier alpha value is -1.02. The number of hydrogen-bond acceptors (Lipinski definition) is 2. The third-order valence-electron chi connectivity index (χ3n) is 3.44. The van der Waals surface area contributed by atoms with Crippen LogP contribution in [-0.4, -0.2) is 20.1 Å². The van der Waals surface area contributed by atoms with E-state index in [1.54, 1.807) is 0 Å². The summed E-state index contributed by atoms with van der Waals surface area (Å²) in [6.07, 6.45) is 1.14. The molecule has 0 aliphatic rings. The molecule has 0 aliphatic carbocycles. The number of rotatable bonds is 6. The Labute approximate surface area is 106 Å². The molecule has 0 heterocycles. The first-order valence-electron chi connectivity index (χ1n) is 6.59. The van der Waals surface area contributed by atoms with Gasteiger partial charge in [-0.1, -0.05) is 39.3 Å². The second-order valence-electron chi connectivity index (χ2n) is 5.14. The molecule has 1 aromatic carbocycles. The first-order valence-corrected chi connectivity index (χ1v) is 6.59. The lowest BCUT2D eigenvalue weighted by Crippen LogP contribution is -2.29. The van der Waals surface area contributed by atoms with Crippen molar-refractivity contribution in [1.29, 1.82) is 0 Å². The molecule has 96 valence electrons. The van der Waals surface area contributed by atoms with Crippen LogP contribution in [-0.2, 0) is 0 Å². The SMILES string of the molecule is CCC(CN)CN(C)c1ccc(C(C)C)cc1. The molecule has 0 aliphatic heterocycles. The highest BCUT2D eigenvalue weighted by Gasteiger charge is 2.08. The van der Waals surface area contributed by atoms with Crippen LogP contribution in [0.5, 0.6) is 0 Å². The highest BCUT2D eigenvalue weighted by atomic mass is 15.1. The minimum Gasteiger partial charge on any atom is -0.374 e. The van der Waals surface area contributed by atoms with Gasteiger partial charge in [-0.25, -0.2) is 0 Å². The van der Waals surface area contributed by atoms with Crippen LogP contribution in [0.3, 0.4) is 0 Å². The van der Waals surface area contributed by atoms with E-state index in [2.05, 4.69) is 57.0 Å². The molecular weight excluding hydrogens is 208 g/mol. The van der Waals surface area contributed by atoms with E-state index in [4.69, 9.17) is 5.73 Å². The van der Waals surface area contributed by atoms with Gasteiger partial charge in [0.2, 0.25) is 0 Å². The Kier molecular flexibility index (Phi) is 5.49. The van der Waals surface area contributed by atoms with Crippen molar-refractivity contribution in [3.05, 3.63) is 29.8 Å². The van der Waals surface area contributed by atoms with Crippen LogP contribution in [0.4, 0.5) is 5.69 Å². The van der Waals surface area contributed by atoms with E-state index >= 15 is 0 Å². The third-order valence-corrected chi connectivity index (χ3v) is 3.44. The lowest BCUT2D eigenvalue weighted by molar-refractivity contribution is 0.521. The number of benzene rings is 1. The lowest BCUT2D eigenvalue weighted by atomic mass is 10.0. The predicted molar refractivity (Wildman–Crippen MR) is 76.6 cm³/mol. The van der Waals surface area contributed by atoms with E-state index in [9.17, 15) is 0 Å². The summed E-state index contributed by atoms with van der Waals surface area (Å²) >= 11 is 0. The van der Waals surface area contributed by atoms with Gasteiger partial charge in [-0.05, 0) is 36.1 Å². The molecule has 1 aromatic rings. The molecule has 0 fully saturated rings. The van der Waals surface area contributed by atoms with Gasteiger partial charge in [0.15, 0.2) is 0 Å². The lowest BCUT2D eigenvalue weighted by Gasteiger charge is -2.24. The Morgan fingerprint density at radius 3 is 2.18 bits per heavy atom. The predicted octanol–water partition coefficient (Wildman–Crippen LogP) is 3.23. The van der Waals surface area contributed by atoms with Crippen LogP contribution >= 0.6 is 0 Å². The molecule has 2 nitrogen and oxygen atoms in total.